The zero-order valence-electron chi connectivity index (χ0n) is 12.0. The maximum absolute atomic E-state index is 14.2. The van der Waals surface area contributed by atoms with Crippen molar-refractivity contribution in [2.24, 2.45) is 0 Å². The molecule has 1 fully saturated rings. The number of benzene rings is 1. The predicted octanol–water partition coefficient (Wildman–Crippen LogP) is 1.42. The Morgan fingerprint density at radius 1 is 1.13 bits per heavy atom. The molecule has 2 aromatic rings. The zero-order valence-corrected chi connectivity index (χ0v) is 12.9. The lowest BCUT2D eigenvalue weighted by Crippen LogP contribution is -2.50. The topological polar surface area (TPSA) is 82.8 Å². The first-order valence-corrected chi connectivity index (χ1v) is 8.13. The highest BCUT2D eigenvalue weighted by molar-refractivity contribution is 7.99. The summed E-state index contributed by atoms with van der Waals surface area (Å²) in [6.45, 7) is 0. The Morgan fingerprint density at radius 2 is 1.96 bits per heavy atom. The van der Waals surface area contributed by atoms with Crippen LogP contribution in [0.1, 0.15) is 0 Å². The molecule has 0 bridgehead atoms. The van der Waals surface area contributed by atoms with Crippen molar-refractivity contribution in [3.05, 3.63) is 48.5 Å². The molecule has 0 unspecified atom stereocenters. The van der Waals surface area contributed by atoms with E-state index in [1.165, 1.54) is 12.1 Å². The Bertz CT molecular complexity index is 672. The number of nitrogens with zero attached hydrogens (tertiary/aromatic N) is 1. The average Bonchev–Trinajstić information content (AvgIpc) is 2.57. The van der Waals surface area contributed by atoms with Crippen LogP contribution in [-0.2, 0) is 0 Å². The second-order valence-electron chi connectivity index (χ2n) is 5.26. The summed E-state index contributed by atoms with van der Waals surface area (Å²) in [5.41, 5.74) is 0.603. The normalized spacial score (nSPS) is 27.7. The number of aliphatic hydroxyl groups excluding tert-OH is 3. The first-order chi connectivity index (χ1) is 11.1. The number of aromatic nitrogens is 1. The van der Waals surface area contributed by atoms with Crippen LogP contribution in [0.4, 0.5) is 4.39 Å². The van der Waals surface area contributed by atoms with Gasteiger partial charge in [-0.25, -0.2) is 4.39 Å². The average molecular weight is 337 g/mol. The Morgan fingerprint density at radius 3 is 2.65 bits per heavy atom. The summed E-state index contributed by atoms with van der Waals surface area (Å²) in [5.74, 6) is -0.379. The number of hydrogen-bond acceptors (Lipinski definition) is 6. The number of thioether (sulfide) groups is 1. The van der Waals surface area contributed by atoms with Crippen LogP contribution >= 0.6 is 11.8 Å². The molecular formula is C16H16FNO4S. The summed E-state index contributed by atoms with van der Waals surface area (Å²) in [4.78, 5) is 3.99. The minimum absolute atomic E-state index is 0.0159. The van der Waals surface area contributed by atoms with Gasteiger partial charge in [0.2, 0.25) is 0 Å². The quantitative estimate of drug-likeness (QED) is 0.786. The zero-order chi connectivity index (χ0) is 16.4. The third-order valence-electron chi connectivity index (χ3n) is 3.62. The van der Waals surface area contributed by atoms with Crippen molar-refractivity contribution in [1.82, 2.24) is 4.98 Å². The molecule has 0 spiro atoms. The van der Waals surface area contributed by atoms with Crippen molar-refractivity contribution >= 4 is 11.8 Å². The molecule has 1 aliphatic heterocycles. The molecule has 0 aliphatic carbocycles. The highest BCUT2D eigenvalue weighted by Gasteiger charge is 2.38. The van der Waals surface area contributed by atoms with E-state index >= 15 is 0 Å². The van der Waals surface area contributed by atoms with E-state index in [1.54, 1.807) is 24.5 Å². The molecule has 2 heterocycles. The standard InChI is InChI=1S/C16H16FNO4S/c17-11-6-9(10-2-1-5-18-7-10)3-4-13(11)22-16-15(21)14(20)12(19)8-23-16/h1-7,12,14-16,19-21H,8H2/t12-,14+,15-,16-/m1/s1. The molecule has 1 aliphatic rings. The summed E-state index contributed by atoms with van der Waals surface area (Å²) in [5, 5.41) is 29.1. The van der Waals surface area contributed by atoms with Crippen LogP contribution in [0.3, 0.4) is 0 Å². The van der Waals surface area contributed by atoms with E-state index in [0.717, 1.165) is 17.3 Å². The number of aliphatic hydroxyl groups is 3. The van der Waals surface area contributed by atoms with Crippen LogP contribution in [0.15, 0.2) is 42.7 Å². The number of pyridine rings is 1. The molecule has 1 aromatic carbocycles. The molecule has 4 atom stereocenters. The van der Waals surface area contributed by atoms with Crippen molar-refractivity contribution in [1.29, 1.82) is 0 Å². The lowest BCUT2D eigenvalue weighted by Gasteiger charge is -2.34. The lowest BCUT2D eigenvalue weighted by atomic mass is 10.1. The third kappa shape index (κ3) is 3.48. The van der Waals surface area contributed by atoms with Gasteiger partial charge in [-0.3, -0.25) is 4.98 Å². The fraction of sp³-hybridized carbons (Fsp3) is 0.312. The monoisotopic (exact) mass is 337 g/mol. The fourth-order valence-electron chi connectivity index (χ4n) is 2.32. The van der Waals surface area contributed by atoms with E-state index < -0.39 is 29.6 Å². The summed E-state index contributed by atoms with van der Waals surface area (Å²) in [6, 6.07) is 8.08. The van der Waals surface area contributed by atoms with Gasteiger partial charge in [-0.15, -0.1) is 11.8 Å². The number of rotatable bonds is 3. The van der Waals surface area contributed by atoms with Gasteiger partial charge in [0.1, 0.15) is 12.2 Å². The Labute approximate surface area is 136 Å². The van der Waals surface area contributed by atoms with Crippen LogP contribution in [-0.4, -0.2) is 49.8 Å². The largest absolute Gasteiger partial charge is 0.474 e. The van der Waals surface area contributed by atoms with Crippen molar-refractivity contribution in [3.8, 4) is 16.9 Å². The second kappa shape index (κ2) is 6.84. The van der Waals surface area contributed by atoms with E-state index in [-0.39, 0.29) is 11.5 Å². The second-order valence-corrected chi connectivity index (χ2v) is 6.39. The highest BCUT2D eigenvalue weighted by atomic mass is 32.2. The van der Waals surface area contributed by atoms with Crippen LogP contribution in [0.5, 0.6) is 5.75 Å². The molecule has 3 rings (SSSR count). The summed E-state index contributed by atoms with van der Waals surface area (Å²) in [7, 11) is 0. The predicted molar refractivity (Wildman–Crippen MR) is 84.5 cm³/mol. The van der Waals surface area contributed by atoms with Gasteiger partial charge in [0.05, 0.1) is 6.10 Å². The molecule has 122 valence electrons. The smallest absolute Gasteiger partial charge is 0.173 e. The number of ether oxygens (including phenoxy) is 1. The van der Waals surface area contributed by atoms with E-state index in [1.807, 2.05) is 6.07 Å². The molecule has 5 nitrogen and oxygen atoms in total. The highest BCUT2D eigenvalue weighted by Crippen LogP contribution is 2.32. The van der Waals surface area contributed by atoms with Crippen LogP contribution in [0, 0.1) is 5.82 Å². The molecule has 3 N–H and O–H groups in total. The first kappa shape index (κ1) is 16.2. The summed E-state index contributed by atoms with van der Waals surface area (Å²) < 4.78 is 19.7. The van der Waals surface area contributed by atoms with Crippen molar-refractivity contribution in [3.63, 3.8) is 0 Å². The van der Waals surface area contributed by atoms with Gasteiger partial charge in [-0.2, -0.15) is 0 Å². The summed E-state index contributed by atoms with van der Waals surface area (Å²) >= 11 is 1.13. The Balaban J connectivity index is 1.77. The number of halogens is 1. The van der Waals surface area contributed by atoms with E-state index in [4.69, 9.17) is 4.74 Å². The van der Waals surface area contributed by atoms with Crippen LogP contribution in [0.2, 0.25) is 0 Å². The molecule has 7 heteroatoms. The summed E-state index contributed by atoms with van der Waals surface area (Å²) in [6.07, 6.45) is -0.347. The Hall–Kier alpha value is -1.67. The van der Waals surface area contributed by atoms with Gasteiger partial charge in [-0.1, -0.05) is 12.1 Å². The molecule has 0 amide bonds. The fourth-order valence-corrected chi connectivity index (χ4v) is 3.43. The molecule has 1 aromatic heterocycles. The number of hydrogen-bond donors (Lipinski definition) is 3. The SMILES string of the molecule is O[C@@H]1[C@@H](O)[C@H](Oc2ccc(-c3cccnc3)cc2F)SC[C@H]1O. The van der Waals surface area contributed by atoms with E-state index in [0.29, 0.717) is 5.56 Å². The maximum Gasteiger partial charge on any atom is 0.173 e. The van der Waals surface area contributed by atoms with E-state index in [9.17, 15) is 19.7 Å². The molecular weight excluding hydrogens is 321 g/mol. The van der Waals surface area contributed by atoms with Gasteiger partial charge < -0.3 is 20.1 Å². The first-order valence-electron chi connectivity index (χ1n) is 7.08. The van der Waals surface area contributed by atoms with Gasteiger partial charge in [0.25, 0.3) is 0 Å². The minimum Gasteiger partial charge on any atom is -0.474 e. The van der Waals surface area contributed by atoms with Crippen molar-refractivity contribution < 1.29 is 24.4 Å². The van der Waals surface area contributed by atoms with Gasteiger partial charge >= 0.3 is 0 Å². The molecule has 1 saturated heterocycles. The minimum atomic E-state index is -1.31. The van der Waals surface area contributed by atoms with E-state index in [2.05, 4.69) is 4.98 Å². The maximum atomic E-state index is 14.2. The van der Waals surface area contributed by atoms with Gasteiger partial charge in [-0.05, 0) is 23.8 Å². The Kier molecular flexibility index (Phi) is 4.82. The molecule has 0 saturated carbocycles. The van der Waals surface area contributed by atoms with Crippen LogP contribution in [0.25, 0.3) is 11.1 Å². The molecule has 23 heavy (non-hydrogen) atoms. The van der Waals surface area contributed by atoms with Crippen molar-refractivity contribution in [2.75, 3.05) is 5.75 Å². The van der Waals surface area contributed by atoms with Gasteiger partial charge in [0.15, 0.2) is 17.0 Å². The molecule has 0 radical (unpaired) electrons. The third-order valence-corrected chi connectivity index (χ3v) is 4.86. The van der Waals surface area contributed by atoms with Crippen LogP contribution < -0.4 is 4.74 Å². The lowest BCUT2D eigenvalue weighted by molar-refractivity contribution is -0.0790. The van der Waals surface area contributed by atoms with Gasteiger partial charge in [0, 0.05) is 23.7 Å². The van der Waals surface area contributed by atoms with Crippen molar-refractivity contribution in [2.45, 2.75) is 23.7 Å².